The highest BCUT2D eigenvalue weighted by Gasteiger charge is 2.17. The molecule has 8 heteroatoms. The highest BCUT2D eigenvalue weighted by Crippen LogP contribution is 2.27. The zero-order chi connectivity index (χ0) is 28.6. The SMILES string of the molecule is C=CCOc1ccc(-c2nn(-c3ccccc3)cc2/C=c2\sc3nc(-c4ccc(C(C)(C)C)cc4)nn3c2=O)cc1. The summed E-state index contributed by atoms with van der Waals surface area (Å²) in [6.07, 6.45) is 5.51. The molecule has 0 saturated carbocycles. The zero-order valence-electron chi connectivity index (χ0n) is 23.1. The second-order valence-electron chi connectivity index (χ2n) is 10.7. The fourth-order valence-corrected chi connectivity index (χ4v) is 5.41. The number of ether oxygens (including phenoxy) is 1. The van der Waals surface area contributed by atoms with Gasteiger partial charge in [-0.25, -0.2) is 4.68 Å². The standard InChI is InChI=1S/C33H29N5O2S/c1-5-19-40-27-17-13-22(14-18-27)29-24(21-37(35-29)26-9-7-6-8-10-26)20-28-31(39)38-32(41-28)34-30(36-38)23-11-15-25(16-12-23)33(2,3)4/h5-18,20-21H,1,19H2,2-4H3/b28-20-. The van der Waals surface area contributed by atoms with Crippen LogP contribution in [0.25, 0.3) is 39.4 Å². The minimum Gasteiger partial charge on any atom is -0.490 e. The third-order valence-corrected chi connectivity index (χ3v) is 7.70. The Kier molecular flexibility index (Phi) is 6.85. The lowest BCUT2D eigenvalue weighted by atomic mass is 9.87. The largest absolute Gasteiger partial charge is 0.490 e. The summed E-state index contributed by atoms with van der Waals surface area (Å²) in [6, 6.07) is 25.8. The van der Waals surface area contributed by atoms with E-state index in [4.69, 9.17) is 9.84 Å². The van der Waals surface area contributed by atoms with Crippen molar-refractivity contribution >= 4 is 22.4 Å². The molecule has 0 bridgehead atoms. The van der Waals surface area contributed by atoms with E-state index in [0.717, 1.165) is 33.8 Å². The van der Waals surface area contributed by atoms with Crippen LogP contribution < -0.4 is 14.8 Å². The molecule has 204 valence electrons. The number of para-hydroxylation sites is 1. The summed E-state index contributed by atoms with van der Waals surface area (Å²) in [5.74, 6) is 1.29. The fourth-order valence-electron chi connectivity index (χ4n) is 4.51. The Morgan fingerprint density at radius 1 is 0.927 bits per heavy atom. The molecule has 0 N–H and O–H groups in total. The van der Waals surface area contributed by atoms with Crippen LogP contribution in [0.4, 0.5) is 0 Å². The number of fused-ring (bicyclic) bond motifs is 1. The van der Waals surface area contributed by atoms with Crippen LogP contribution in [-0.2, 0) is 5.41 Å². The van der Waals surface area contributed by atoms with Crippen LogP contribution >= 0.6 is 11.3 Å². The summed E-state index contributed by atoms with van der Waals surface area (Å²) in [6.45, 7) is 10.7. The molecule has 3 aromatic heterocycles. The van der Waals surface area contributed by atoms with Gasteiger partial charge in [0.15, 0.2) is 5.82 Å². The summed E-state index contributed by atoms with van der Waals surface area (Å²) in [7, 11) is 0. The summed E-state index contributed by atoms with van der Waals surface area (Å²) in [4.78, 5) is 18.6. The maximum absolute atomic E-state index is 13.4. The third kappa shape index (κ3) is 5.34. The van der Waals surface area contributed by atoms with Crippen molar-refractivity contribution in [2.24, 2.45) is 0 Å². The van der Waals surface area contributed by atoms with Gasteiger partial charge in [-0.2, -0.15) is 14.6 Å². The summed E-state index contributed by atoms with van der Waals surface area (Å²) < 4.78 is 9.39. The maximum Gasteiger partial charge on any atom is 0.291 e. The minimum absolute atomic E-state index is 0.0575. The van der Waals surface area contributed by atoms with Gasteiger partial charge in [0.2, 0.25) is 4.96 Å². The molecule has 6 aromatic rings. The number of aromatic nitrogens is 5. The number of benzene rings is 3. The first-order valence-electron chi connectivity index (χ1n) is 13.3. The van der Waals surface area contributed by atoms with Crippen molar-refractivity contribution in [1.82, 2.24) is 24.4 Å². The third-order valence-electron chi connectivity index (χ3n) is 6.74. The van der Waals surface area contributed by atoms with Crippen molar-refractivity contribution in [3.8, 4) is 34.1 Å². The molecule has 0 aliphatic heterocycles. The molecule has 0 amide bonds. The van der Waals surface area contributed by atoms with E-state index in [1.54, 1.807) is 6.08 Å². The number of nitrogens with zero attached hydrogens (tertiary/aromatic N) is 5. The predicted octanol–water partition coefficient (Wildman–Crippen LogP) is 6.08. The molecular weight excluding hydrogens is 530 g/mol. The molecule has 0 aliphatic carbocycles. The second kappa shape index (κ2) is 10.6. The lowest BCUT2D eigenvalue weighted by molar-refractivity contribution is 0.363. The molecule has 0 aliphatic rings. The summed E-state index contributed by atoms with van der Waals surface area (Å²) in [5.41, 5.74) is 5.36. The van der Waals surface area contributed by atoms with Crippen LogP contribution in [0.2, 0.25) is 0 Å². The van der Waals surface area contributed by atoms with E-state index in [9.17, 15) is 4.79 Å². The first-order valence-corrected chi connectivity index (χ1v) is 14.1. The van der Waals surface area contributed by atoms with Crippen LogP contribution in [0.15, 0.2) is 103 Å². The van der Waals surface area contributed by atoms with Crippen LogP contribution in [0.5, 0.6) is 5.75 Å². The maximum atomic E-state index is 13.4. The molecule has 41 heavy (non-hydrogen) atoms. The van der Waals surface area contributed by atoms with Gasteiger partial charge in [-0.15, -0.1) is 5.10 Å². The van der Waals surface area contributed by atoms with E-state index in [-0.39, 0.29) is 11.0 Å². The van der Waals surface area contributed by atoms with E-state index in [1.807, 2.05) is 83.7 Å². The average molecular weight is 560 g/mol. The normalized spacial score (nSPS) is 12.2. The smallest absolute Gasteiger partial charge is 0.291 e. The molecule has 0 saturated heterocycles. The van der Waals surface area contributed by atoms with E-state index in [0.29, 0.717) is 21.9 Å². The monoisotopic (exact) mass is 559 g/mol. The molecular formula is C33H29N5O2S. The van der Waals surface area contributed by atoms with Crippen molar-refractivity contribution < 1.29 is 4.74 Å². The van der Waals surface area contributed by atoms with Crippen LogP contribution in [-0.4, -0.2) is 31.0 Å². The Balaban J connectivity index is 1.40. The van der Waals surface area contributed by atoms with Gasteiger partial charge in [0.25, 0.3) is 5.56 Å². The van der Waals surface area contributed by atoms with Crippen molar-refractivity contribution in [2.75, 3.05) is 6.61 Å². The second-order valence-corrected chi connectivity index (χ2v) is 11.7. The van der Waals surface area contributed by atoms with E-state index >= 15 is 0 Å². The Hall–Kier alpha value is -4.82. The summed E-state index contributed by atoms with van der Waals surface area (Å²) in [5, 5.41) is 9.43. The Morgan fingerprint density at radius 2 is 1.63 bits per heavy atom. The van der Waals surface area contributed by atoms with Crippen molar-refractivity contribution in [3.05, 3.63) is 124 Å². The van der Waals surface area contributed by atoms with E-state index < -0.39 is 0 Å². The molecule has 3 aromatic carbocycles. The topological polar surface area (TPSA) is 74.3 Å². The molecule has 0 spiro atoms. The number of thiazole rings is 1. The van der Waals surface area contributed by atoms with E-state index in [1.165, 1.54) is 21.4 Å². The van der Waals surface area contributed by atoms with Crippen LogP contribution in [0.1, 0.15) is 31.9 Å². The van der Waals surface area contributed by atoms with Crippen LogP contribution in [0.3, 0.4) is 0 Å². The number of hydrogen-bond acceptors (Lipinski definition) is 6. The van der Waals surface area contributed by atoms with Gasteiger partial charge < -0.3 is 4.74 Å². The zero-order valence-corrected chi connectivity index (χ0v) is 23.9. The highest BCUT2D eigenvalue weighted by molar-refractivity contribution is 7.15. The lowest BCUT2D eigenvalue weighted by Crippen LogP contribution is -2.23. The quantitative estimate of drug-likeness (QED) is 0.222. The fraction of sp³-hybridized carbons (Fsp3) is 0.152. The highest BCUT2D eigenvalue weighted by atomic mass is 32.1. The summed E-state index contributed by atoms with van der Waals surface area (Å²) >= 11 is 1.32. The van der Waals surface area contributed by atoms with Gasteiger partial charge in [0.05, 0.1) is 10.2 Å². The molecule has 0 unspecified atom stereocenters. The van der Waals surface area contributed by atoms with Crippen molar-refractivity contribution in [1.29, 1.82) is 0 Å². The molecule has 0 radical (unpaired) electrons. The minimum atomic E-state index is -0.207. The van der Waals surface area contributed by atoms with Gasteiger partial charge in [0, 0.05) is 22.9 Å². The molecule has 0 fully saturated rings. The Labute approximate surface area is 241 Å². The Bertz CT molecular complexity index is 1950. The van der Waals surface area contributed by atoms with Crippen molar-refractivity contribution in [3.63, 3.8) is 0 Å². The van der Waals surface area contributed by atoms with Crippen LogP contribution in [0, 0.1) is 0 Å². The molecule has 7 nitrogen and oxygen atoms in total. The van der Waals surface area contributed by atoms with Gasteiger partial charge in [-0.3, -0.25) is 4.79 Å². The molecule has 0 atom stereocenters. The van der Waals surface area contributed by atoms with Gasteiger partial charge in [-0.05, 0) is 53.5 Å². The van der Waals surface area contributed by atoms with E-state index in [2.05, 4.69) is 49.6 Å². The average Bonchev–Trinajstić information content (AvgIpc) is 3.67. The predicted molar refractivity (Wildman–Crippen MR) is 165 cm³/mol. The molecule has 6 rings (SSSR count). The number of rotatable bonds is 7. The first-order chi connectivity index (χ1) is 19.8. The van der Waals surface area contributed by atoms with Crippen molar-refractivity contribution in [2.45, 2.75) is 26.2 Å². The Morgan fingerprint density at radius 3 is 2.29 bits per heavy atom. The lowest BCUT2D eigenvalue weighted by Gasteiger charge is -2.18. The number of hydrogen-bond donors (Lipinski definition) is 0. The van der Waals surface area contributed by atoms with Gasteiger partial charge >= 0.3 is 0 Å². The molecule has 3 heterocycles. The van der Waals surface area contributed by atoms with Gasteiger partial charge in [-0.1, -0.05) is 87.2 Å². The first kappa shape index (κ1) is 26.4. The van der Waals surface area contributed by atoms with Gasteiger partial charge in [0.1, 0.15) is 18.1 Å².